The Morgan fingerprint density at radius 2 is 1.10 bits per heavy atom. The van der Waals surface area contributed by atoms with Gasteiger partial charge in [0.1, 0.15) is 22.3 Å². The molecule has 0 radical (unpaired) electrons. The summed E-state index contributed by atoms with van der Waals surface area (Å²) in [7, 11) is 0. The van der Waals surface area contributed by atoms with Crippen LogP contribution in [-0.2, 0) is 0 Å². The third-order valence-corrected chi connectivity index (χ3v) is 8.11. The molecule has 3 heterocycles. The lowest BCUT2D eigenvalue weighted by Gasteiger charge is -2.10. The van der Waals surface area contributed by atoms with Crippen molar-refractivity contribution in [2.24, 2.45) is 0 Å². The fourth-order valence-corrected chi connectivity index (χ4v) is 6.18. The van der Waals surface area contributed by atoms with E-state index in [-0.39, 0.29) is 0 Å². The molecule has 3 aromatic heterocycles. The van der Waals surface area contributed by atoms with Crippen molar-refractivity contribution < 1.29 is 8.83 Å². The topological polar surface area (TPSA) is 39.2 Å². The highest BCUT2D eigenvalue weighted by atomic mass is 16.3. The van der Waals surface area contributed by atoms with Crippen LogP contribution in [-0.4, -0.2) is 4.98 Å². The summed E-state index contributed by atoms with van der Waals surface area (Å²) < 4.78 is 12.4. The summed E-state index contributed by atoms with van der Waals surface area (Å²) in [5.74, 6) is 0. The van der Waals surface area contributed by atoms with E-state index in [0.717, 1.165) is 71.5 Å². The van der Waals surface area contributed by atoms with Crippen LogP contribution in [0.1, 0.15) is 0 Å². The van der Waals surface area contributed by atoms with Crippen LogP contribution in [0.3, 0.4) is 0 Å². The molecule has 0 aliphatic heterocycles. The Balaban J connectivity index is 1.23. The minimum atomic E-state index is 0.880. The zero-order valence-electron chi connectivity index (χ0n) is 21.4. The molecule has 0 aliphatic carbocycles. The minimum absolute atomic E-state index is 0.880. The molecule has 0 fully saturated rings. The Labute approximate surface area is 228 Å². The molecule has 0 atom stereocenters. The lowest BCUT2D eigenvalue weighted by molar-refractivity contribution is 0.669. The average molecular weight is 512 g/mol. The quantitative estimate of drug-likeness (QED) is 0.217. The van der Waals surface area contributed by atoms with Gasteiger partial charge in [-0.3, -0.25) is 4.98 Å². The third kappa shape index (κ3) is 3.09. The smallest absolute Gasteiger partial charge is 0.136 e. The molecule has 0 spiro atoms. The Bertz CT molecular complexity index is 2440. The number of pyridine rings is 1. The standard InChI is InChI=1S/C37H21NO2/c1-2-9-32-28(7-1)29-15-12-25(21-35(29)40-32)24-13-16-33-30(19-24)31-20-26(14-17-34(31)39-33)27-8-3-5-22-10-11-23-6-4-18-38-37(23)36(22)27/h1-21H. The van der Waals surface area contributed by atoms with Gasteiger partial charge in [-0.1, -0.05) is 72.8 Å². The van der Waals surface area contributed by atoms with Gasteiger partial charge in [-0.2, -0.15) is 0 Å². The van der Waals surface area contributed by atoms with E-state index in [1.165, 1.54) is 16.3 Å². The molecule has 3 heteroatoms. The predicted molar refractivity (Wildman–Crippen MR) is 165 cm³/mol. The lowest BCUT2D eigenvalue weighted by Crippen LogP contribution is -1.86. The van der Waals surface area contributed by atoms with Gasteiger partial charge >= 0.3 is 0 Å². The second kappa shape index (κ2) is 8.05. The predicted octanol–water partition coefficient (Wildman–Crippen LogP) is 10.5. The van der Waals surface area contributed by atoms with E-state index in [4.69, 9.17) is 13.8 Å². The summed E-state index contributed by atoms with van der Waals surface area (Å²) in [5.41, 5.74) is 9.16. The second-order valence-corrected chi connectivity index (χ2v) is 10.4. The fraction of sp³-hybridized carbons (Fsp3) is 0. The first kappa shape index (κ1) is 21.5. The van der Waals surface area contributed by atoms with Gasteiger partial charge in [0.05, 0.1) is 5.52 Å². The maximum absolute atomic E-state index is 6.27. The molecule has 6 aromatic carbocycles. The van der Waals surface area contributed by atoms with Crippen molar-refractivity contribution >= 4 is 65.6 Å². The van der Waals surface area contributed by atoms with Crippen LogP contribution in [0.25, 0.3) is 87.8 Å². The Hall–Kier alpha value is -5.41. The molecule has 40 heavy (non-hydrogen) atoms. The SMILES string of the molecule is c1cnc2c(c1)ccc1cccc(-c3ccc4oc5ccc(-c6ccc7c(c6)oc6ccccc67)cc5c4c3)c12. The maximum Gasteiger partial charge on any atom is 0.136 e. The molecule has 0 amide bonds. The Morgan fingerprint density at radius 3 is 2.02 bits per heavy atom. The lowest BCUT2D eigenvalue weighted by atomic mass is 9.95. The van der Waals surface area contributed by atoms with Crippen LogP contribution in [0, 0.1) is 0 Å². The normalized spacial score (nSPS) is 12.0. The van der Waals surface area contributed by atoms with E-state index < -0.39 is 0 Å². The molecular formula is C37H21NO2. The largest absolute Gasteiger partial charge is 0.456 e. The highest BCUT2D eigenvalue weighted by Crippen LogP contribution is 2.39. The van der Waals surface area contributed by atoms with Crippen LogP contribution in [0.5, 0.6) is 0 Å². The van der Waals surface area contributed by atoms with Gasteiger partial charge in [-0.15, -0.1) is 0 Å². The van der Waals surface area contributed by atoms with Crippen molar-refractivity contribution in [1.29, 1.82) is 0 Å². The Kier molecular flexibility index (Phi) is 4.33. The number of para-hydroxylation sites is 1. The van der Waals surface area contributed by atoms with Gasteiger partial charge in [-0.25, -0.2) is 0 Å². The number of fused-ring (bicyclic) bond motifs is 9. The minimum Gasteiger partial charge on any atom is -0.456 e. The van der Waals surface area contributed by atoms with E-state index in [1.807, 2.05) is 24.4 Å². The number of rotatable bonds is 2. The summed E-state index contributed by atoms with van der Waals surface area (Å²) in [4.78, 5) is 4.75. The van der Waals surface area contributed by atoms with Gasteiger partial charge in [-0.05, 0) is 76.2 Å². The molecule has 0 unspecified atom stereocenters. The molecule has 0 saturated carbocycles. The summed E-state index contributed by atoms with van der Waals surface area (Å²) >= 11 is 0. The second-order valence-electron chi connectivity index (χ2n) is 10.4. The number of nitrogens with zero attached hydrogens (tertiary/aromatic N) is 1. The van der Waals surface area contributed by atoms with Crippen molar-refractivity contribution in [3.8, 4) is 22.3 Å². The first-order chi connectivity index (χ1) is 19.8. The summed E-state index contributed by atoms with van der Waals surface area (Å²) in [6, 6.07) is 42.5. The molecule has 186 valence electrons. The molecule has 9 rings (SSSR count). The van der Waals surface area contributed by atoms with E-state index in [0.29, 0.717) is 0 Å². The first-order valence-corrected chi connectivity index (χ1v) is 13.4. The van der Waals surface area contributed by atoms with Gasteiger partial charge in [0.15, 0.2) is 0 Å². The molecule has 0 saturated heterocycles. The van der Waals surface area contributed by atoms with Crippen molar-refractivity contribution in [2.45, 2.75) is 0 Å². The number of hydrogen-bond donors (Lipinski definition) is 0. The summed E-state index contributed by atoms with van der Waals surface area (Å²) in [6.07, 6.45) is 1.87. The summed E-state index contributed by atoms with van der Waals surface area (Å²) in [5, 5.41) is 7.98. The van der Waals surface area contributed by atoms with Crippen molar-refractivity contribution in [3.05, 3.63) is 128 Å². The number of aromatic nitrogens is 1. The van der Waals surface area contributed by atoms with E-state index in [1.54, 1.807) is 0 Å². The Morgan fingerprint density at radius 1 is 0.425 bits per heavy atom. The van der Waals surface area contributed by atoms with Crippen LogP contribution in [0.4, 0.5) is 0 Å². The third-order valence-electron chi connectivity index (χ3n) is 8.11. The maximum atomic E-state index is 6.27. The van der Waals surface area contributed by atoms with Crippen molar-refractivity contribution in [3.63, 3.8) is 0 Å². The monoisotopic (exact) mass is 511 g/mol. The fourth-order valence-electron chi connectivity index (χ4n) is 6.18. The van der Waals surface area contributed by atoms with Gasteiger partial charge < -0.3 is 8.83 Å². The van der Waals surface area contributed by atoms with Crippen LogP contribution >= 0.6 is 0 Å². The molecule has 9 aromatic rings. The summed E-state index contributed by atoms with van der Waals surface area (Å²) in [6.45, 7) is 0. The molecule has 0 N–H and O–H groups in total. The van der Waals surface area contributed by atoms with E-state index >= 15 is 0 Å². The molecule has 0 bridgehead atoms. The molecule has 0 aliphatic rings. The number of furan rings is 2. The van der Waals surface area contributed by atoms with Crippen molar-refractivity contribution in [1.82, 2.24) is 4.98 Å². The van der Waals surface area contributed by atoms with Gasteiger partial charge in [0.2, 0.25) is 0 Å². The van der Waals surface area contributed by atoms with Crippen LogP contribution in [0.2, 0.25) is 0 Å². The van der Waals surface area contributed by atoms with E-state index in [9.17, 15) is 0 Å². The van der Waals surface area contributed by atoms with Gasteiger partial charge in [0, 0.05) is 38.5 Å². The van der Waals surface area contributed by atoms with Crippen LogP contribution < -0.4 is 0 Å². The first-order valence-electron chi connectivity index (χ1n) is 13.4. The molecule has 3 nitrogen and oxygen atoms in total. The number of benzene rings is 6. The highest BCUT2D eigenvalue weighted by molar-refractivity contribution is 6.14. The van der Waals surface area contributed by atoms with Crippen molar-refractivity contribution in [2.75, 3.05) is 0 Å². The zero-order valence-corrected chi connectivity index (χ0v) is 21.4. The number of hydrogen-bond acceptors (Lipinski definition) is 3. The highest BCUT2D eigenvalue weighted by Gasteiger charge is 2.14. The average Bonchev–Trinajstić information content (AvgIpc) is 3.57. The van der Waals surface area contributed by atoms with Crippen LogP contribution in [0.15, 0.2) is 136 Å². The van der Waals surface area contributed by atoms with Gasteiger partial charge in [0.25, 0.3) is 0 Å². The zero-order chi connectivity index (χ0) is 26.2. The van der Waals surface area contributed by atoms with E-state index in [2.05, 4.69) is 103 Å². The molecular weight excluding hydrogens is 490 g/mol.